The molecule has 0 spiro atoms. The van der Waals surface area contributed by atoms with Gasteiger partial charge < -0.3 is 4.57 Å². The molecule has 7 rings (SSSR count). The lowest BCUT2D eigenvalue weighted by molar-refractivity contribution is 1.19. The Morgan fingerprint density at radius 2 is 1.03 bits per heavy atom. The molecule has 0 radical (unpaired) electrons. The topological polar surface area (TPSA) is 4.93 Å². The average molecular weight is 406 g/mol. The molecule has 3 heterocycles. The van der Waals surface area contributed by atoms with Gasteiger partial charge in [0.1, 0.15) is 0 Å². The van der Waals surface area contributed by atoms with E-state index in [1.54, 1.807) is 0 Å². The number of thiophene rings is 2. The highest BCUT2D eigenvalue weighted by Crippen LogP contribution is 2.45. The van der Waals surface area contributed by atoms with E-state index in [1.165, 1.54) is 57.1 Å². The first kappa shape index (κ1) is 15.7. The minimum atomic E-state index is 1.23. The van der Waals surface area contributed by atoms with Crippen LogP contribution in [0, 0.1) is 0 Å². The molecule has 0 aliphatic carbocycles. The van der Waals surface area contributed by atoms with Crippen LogP contribution in [0.25, 0.3) is 57.1 Å². The number of hydrogen-bond acceptors (Lipinski definition) is 2. The molecule has 0 fully saturated rings. The van der Waals surface area contributed by atoms with Gasteiger partial charge in [-0.05, 0) is 30.3 Å². The maximum atomic E-state index is 2.40. The molecule has 0 unspecified atom stereocenters. The molecule has 0 saturated carbocycles. The van der Waals surface area contributed by atoms with Crippen LogP contribution in [0.15, 0.2) is 91.0 Å². The zero-order valence-corrected chi connectivity index (χ0v) is 17.1. The van der Waals surface area contributed by atoms with Gasteiger partial charge in [-0.3, -0.25) is 0 Å². The lowest BCUT2D eigenvalue weighted by Gasteiger charge is -2.08. The van der Waals surface area contributed by atoms with Gasteiger partial charge in [0.05, 0.1) is 20.4 Å². The van der Waals surface area contributed by atoms with Crippen LogP contribution in [0.1, 0.15) is 0 Å². The molecule has 136 valence electrons. The Bertz CT molecular complexity index is 1660. The summed E-state index contributed by atoms with van der Waals surface area (Å²) in [6.07, 6.45) is 0. The molecule has 0 N–H and O–H groups in total. The van der Waals surface area contributed by atoms with E-state index in [-0.39, 0.29) is 0 Å². The highest BCUT2D eigenvalue weighted by Gasteiger charge is 2.15. The van der Waals surface area contributed by atoms with E-state index >= 15 is 0 Å². The molecule has 0 aliphatic heterocycles. The maximum Gasteiger partial charge on any atom is 0.0542 e. The predicted molar refractivity (Wildman–Crippen MR) is 129 cm³/mol. The Kier molecular flexibility index (Phi) is 3.09. The zero-order chi connectivity index (χ0) is 18.9. The highest BCUT2D eigenvalue weighted by molar-refractivity contribution is 7.36. The van der Waals surface area contributed by atoms with E-state index in [2.05, 4.69) is 95.6 Å². The summed E-state index contributed by atoms with van der Waals surface area (Å²) in [6, 6.07) is 33.1. The van der Waals surface area contributed by atoms with E-state index in [0.717, 1.165) is 0 Å². The Balaban J connectivity index is 1.57. The Morgan fingerprint density at radius 1 is 0.483 bits per heavy atom. The molecular formula is C26H15NS2. The monoisotopic (exact) mass is 405 g/mol. The molecule has 3 heteroatoms. The van der Waals surface area contributed by atoms with Crippen LogP contribution >= 0.6 is 22.7 Å². The molecule has 0 bridgehead atoms. The number of aromatic nitrogens is 1. The van der Waals surface area contributed by atoms with Crippen molar-refractivity contribution in [1.82, 2.24) is 4.57 Å². The van der Waals surface area contributed by atoms with Gasteiger partial charge in [-0.15, -0.1) is 22.7 Å². The van der Waals surface area contributed by atoms with Gasteiger partial charge in [0.2, 0.25) is 0 Å². The van der Waals surface area contributed by atoms with E-state index in [9.17, 15) is 0 Å². The lowest BCUT2D eigenvalue weighted by atomic mass is 10.2. The van der Waals surface area contributed by atoms with Crippen LogP contribution in [0.4, 0.5) is 0 Å². The molecule has 0 saturated heterocycles. The van der Waals surface area contributed by atoms with Crippen molar-refractivity contribution in [2.24, 2.45) is 0 Å². The van der Waals surface area contributed by atoms with Crippen LogP contribution in [0.3, 0.4) is 0 Å². The molecular weight excluding hydrogens is 390 g/mol. The van der Waals surface area contributed by atoms with E-state index in [1.807, 2.05) is 22.7 Å². The summed E-state index contributed by atoms with van der Waals surface area (Å²) in [4.78, 5) is 0. The first-order valence-corrected chi connectivity index (χ1v) is 11.3. The van der Waals surface area contributed by atoms with Crippen LogP contribution in [0.5, 0.6) is 0 Å². The third-order valence-corrected chi connectivity index (χ3v) is 8.33. The maximum absolute atomic E-state index is 2.40. The first-order chi connectivity index (χ1) is 14.4. The van der Waals surface area contributed by atoms with Crippen molar-refractivity contribution < 1.29 is 0 Å². The number of benzene rings is 4. The Labute approximate surface area is 175 Å². The molecule has 1 nitrogen and oxygen atoms in total. The summed E-state index contributed by atoms with van der Waals surface area (Å²) in [7, 11) is 0. The van der Waals surface area contributed by atoms with Gasteiger partial charge in [0.25, 0.3) is 0 Å². The predicted octanol–water partition coefficient (Wildman–Crippen LogP) is 8.37. The SMILES string of the molecule is c1ccc2c(c1)sc1c3ccc(-n4c5ccccc5c5ccccc54)cc3sc21. The van der Waals surface area contributed by atoms with E-state index in [0.29, 0.717) is 0 Å². The number of nitrogens with zero attached hydrogens (tertiary/aromatic N) is 1. The van der Waals surface area contributed by atoms with Crippen LogP contribution in [0.2, 0.25) is 0 Å². The van der Waals surface area contributed by atoms with Crippen LogP contribution < -0.4 is 0 Å². The molecule has 4 aromatic carbocycles. The van der Waals surface area contributed by atoms with Gasteiger partial charge >= 0.3 is 0 Å². The smallest absolute Gasteiger partial charge is 0.0542 e. The third-order valence-electron chi connectivity index (χ3n) is 5.81. The third kappa shape index (κ3) is 2.09. The van der Waals surface area contributed by atoms with Crippen molar-refractivity contribution in [1.29, 1.82) is 0 Å². The number of para-hydroxylation sites is 2. The minimum Gasteiger partial charge on any atom is -0.309 e. The van der Waals surface area contributed by atoms with Crippen molar-refractivity contribution in [2.45, 2.75) is 0 Å². The van der Waals surface area contributed by atoms with Crippen molar-refractivity contribution in [3.63, 3.8) is 0 Å². The van der Waals surface area contributed by atoms with E-state index < -0.39 is 0 Å². The van der Waals surface area contributed by atoms with Crippen molar-refractivity contribution in [2.75, 3.05) is 0 Å². The highest BCUT2D eigenvalue weighted by atomic mass is 32.1. The van der Waals surface area contributed by atoms with E-state index in [4.69, 9.17) is 0 Å². The quantitative estimate of drug-likeness (QED) is 0.258. The summed E-state index contributed by atoms with van der Waals surface area (Å²) in [6.45, 7) is 0. The zero-order valence-electron chi connectivity index (χ0n) is 15.4. The fourth-order valence-corrected chi connectivity index (χ4v) is 7.22. The standard InChI is InChI=1S/C26H15NS2/c1-4-10-21-17(7-1)18-8-2-5-11-22(18)27(21)16-13-14-20-24(15-16)29-25-19-9-3-6-12-23(19)28-26(20)25/h1-15H. The Morgan fingerprint density at radius 3 is 1.76 bits per heavy atom. The number of hydrogen-bond donors (Lipinski definition) is 0. The molecule has 0 amide bonds. The summed E-state index contributed by atoms with van der Waals surface area (Å²) in [5.74, 6) is 0. The minimum absolute atomic E-state index is 1.23. The number of rotatable bonds is 1. The second-order valence-electron chi connectivity index (χ2n) is 7.41. The number of fused-ring (bicyclic) bond motifs is 8. The fraction of sp³-hybridized carbons (Fsp3) is 0. The largest absolute Gasteiger partial charge is 0.309 e. The van der Waals surface area contributed by atoms with Crippen LogP contribution in [-0.2, 0) is 0 Å². The molecule has 3 aromatic heterocycles. The second-order valence-corrected chi connectivity index (χ2v) is 9.51. The van der Waals surface area contributed by atoms with Gasteiger partial charge in [-0.2, -0.15) is 0 Å². The molecule has 29 heavy (non-hydrogen) atoms. The van der Waals surface area contributed by atoms with Crippen molar-refractivity contribution in [3.8, 4) is 5.69 Å². The summed E-state index contributed by atoms with van der Waals surface area (Å²) >= 11 is 3.83. The van der Waals surface area contributed by atoms with Crippen LogP contribution in [-0.4, -0.2) is 4.57 Å². The van der Waals surface area contributed by atoms with Crippen molar-refractivity contribution in [3.05, 3.63) is 91.0 Å². The van der Waals surface area contributed by atoms with Gasteiger partial charge in [-0.25, -0.2) is 0 Å². The summed E-state index contributed by atoms with van der Waals surface area (Å²) in [5.41, 5.74) is 3.75. The Hall–Kier alpha value is -3.14. The fourth-order valence-electron chi connectivity index (χ4n) is 4.53. The first-order valence-electron chi connectivity index (χ1n) is 9.71. The molecule has 0 atom stereocenters. The van der Waals surface area contributed by atoms with Gasteiger partial charge in [0.15, 0.2) is 0 Å². The van der Waals surface area contributed by atoms with Gasteiger partial charge in [-0.1, -0.05) is 60.7 Å². The molecule has 7 aromatic rings. The average Bonchev–Trinajstić information content (AvgIpc) is 3.41. The van der Waals surface area contributed by atoms with Gasteiger partial charge in [0, 0.05) is 36.6 Å². The normalized spacial score (nSPS) is 12.1. The van der Waals surface area contributed by atoms with Crippen molar-refractivity contribution >= 4 is 74.1 Å². The molecule has 0 aliphatic rings. The lowest BCUT2D eigenvalue weighted by Crippen LogP contribution is -1.92. The summed E-state index contributed by atoms with van der Waals surface area (Å²) in [5, 5.41) is 5.37. The second kappa shape index (κ2) is 5.69. The summed E-state index contributed by atoms with van der Waals surface area (Å²) < 4.78 is 7.97.